The maximum absolute atomic E-state index is 13.6. The zero-order valence-electron chi connectivity index (χ0n) is 13.0. The van der Waals surface area contributed by atoms with Gasteiger partial charge >= 0.3 is 5.97 Å². The molecule has 1 aromatic carbocycles. The molecule has 1 aromatic heterocycles. The first-order chi connectivity index (χ1) is 11.5. The van der Waals surface area contributed by atoms with Gasteiger partial charge in [-0.25, -0.2) is 13.5 Å². The highest BCUT2D eigenvalue weighted by atomic mass is 19.1. The van der Waals surface area contributed by atoms with Gasteiger partial charge in [-0.05, 0) is 19.1 Å². The van der Waals surface area contributed by atoms with Crippen LogP contribution in [0.2, 0.25) is 0 Å². The second-order valence-corrected chi connectivity index (χ2v) is 4.81. The number of ether oxygens (including phenoxy) is 1. The van der Waals surface area contributed by atoms with Gasteiger partial charge in [-0.1, -0.05) is 11.3 Å². The van der Waals surface area contributed by atoms with Crippen molar-refractivity contribution in [2.75, 3.05) is 13.2 Å². The summed E-state index contributed by atoms with van der Waals surface area (Å²) in [7, 11) is 0. The van der Waals surface area contributed by atoms with Crippen LogP contribution in [-0.4, -0.2) is 40.0 Å². The highest BCUT2D eigenvalue weighted by Crippen LogP contribution is 2.13. The number of carbonyl (C=O) groups excluding carboxylic acids is 2. The minimum atomic E-state index is -0.703. The summed E-state index contributed by atoms with van der Waals surface area (Å²) >= 11 is 0. The Morgan fingerprint density at radius 3 is 2.67 bits per heavy atom. The van der Waals surface area contributed by atoms with E-state index in [1.54, 1.807) is 6.92 Å². The molecule has 1 amide bonds. The number of benzene rings is 1. The van der Waals surface area contributed by atoms with Gasteiger partial charge in [-0.15, -0.1) is 5.10 Å². The molecule has 1 N–H and O–H groups in total. The molecular weight excluding hydrogens is 322 g/mol. The number of rotatable bonds is 7. The molecule has 0 fully saturated rings. The normalized spacial score (nSPS) is 10.5. The second kappa shape index (κ2) is 8.14. The number of nitrogens with zero attached hydrogens (tertiary/aromatic N) is 3. The molecule has 2 aromatic rings. The van der Waals surface area contributed by atoms with Crippen molar-refractivity contribution >= 4 is 11.9 Å². The number of hydrogen-bond donors (Lipinski definition) is 1. The summed E-state index contributed by atoms with van der Waals surface area (Å²) in [5, 5.41) is 9.80. The summed E-state index contributed by atoms with van der Waals surface area (Å²) in [6.45, 7) is 1.86. The van der Waals surface area contributed by atoms with Crippen molar-refractivity contribution in [1.82, 2.24) is 20.3 Å². The maximum atomic E-state index is 13.6. The van der Waals surface area contributed by atoms with Crippen LogP contribution in [0, 0.1) is 11.6 Å². The molecule has 0 saturated carbocycles. The molecule has 0 unspecified atom stereocenters. The fraction of sp³-hybridized carbons (Fsp3) is 0.333. The summed E-state index contributed by atoms with van der Waals surface area (Å²) in [5.41, 5.74) is -0.188. The van der Waals surface area contributed by atoms with Gasteiger partial charge in [-0.2, -0.15) is 0 Å². The van der Waals surface area contributed by atoms with Crippen LogP contribution in [-0.2, 0) is 16.1 Å². The van der Waals surface area contributed by atoms with Crippen molar-refractivity contribution in [2.45, 2.75) is 19.9 Å². The van der Waals surface area contributed by atoms with E-state index in [4.69, 9.17) is 4.74 Å². The lowest BCUT2D eigenvalue weighted by atomic mass is 10.2. The van der Waals surface area contributed by atoms with Gasteiger partial charge in [0.15, 0.2) is 5.69 Å². The Morgan fingerprint density at radius 2 is 2.00 bits per heavy atom. The predicted octanol–water partition coefficient (Wildman–Crippen LogP) is 1.29. The Balaban J connectivity index is 1.93. The molecule has 24 heavy (non-hydrogen) atoms. The average Bonchev–Trinajstić information content (AvgIpc) is 3.00. The average molecular weight is 338 g/mol. The Labute approximate surface area is 136 Å². The van der Waals surface area contributed by atoms with E-state index >= 15 is 0 Å². The summed E-state index contributed by atoms with van der Waals surface area (Å²) in [4.78, 5) is 23.0. The van der Waals surface area contributed by atoms with Gasteiger partial charge in [0.25, 0.3) is 5.91 Å². The fourth-order valence-electron chi connectivity index (χ4n) is 1.93. The van der Waals surface area contributed by atoms with Crippen molar-refractivity contribution in [2.24, 2.45) is 0 Å². The third kappa shape index (κ3) is 4.58. The molecule has 9 heteroatoms. The third-order valence-corrected chi connectivity index (χ3v) is 3.07. The van der Waals surface area contributed by atoms with Crippen LogP contribution in [0.3, 0.4) is 0 Å². The van der Waals surface area contributed by atoms with Gasteiger partial charge in [0.1, 0.15) is 11.6 Å². The molecule has 0 atom stereocenters. The smallest absolute Gasteiger partial charge is 0.307 e. The number of nitrogens with one attached hydrogen (secondary N) is 1. The summed E-state index contributed by atoms with van der Waals surface area (Å²) < 4.78 is 33.0. The van der Waals surface area contributed by atoms with Crippen LogP contribution >= 0.6 is 0 Å². The lowest BCUT2D eigenvalue weighted by molar-refractivity contribution is -0.142. The van der Waals surface area contributed by atoms with Gasteiger partial charge in [0.2, 0.25) is 0 Å². The van der Waals surface area contributed by atoms with Crippen LogP contribution in [0.15, 0.2) is 24.4 Å². The number of halogens is 2. The number of hydrogen-bond acceptors (Lipinski definition) is 5. The third-order valence-electron chi connectivity index (χ3n) is 3.07. The minimum absolute atomic E-state index is 0.0180. The van der Waals surface area contributed by atoms with Crippen LogP contribution in [0.1, 0.15) is 29.4 Å². The molecule has 0 spiro atoms. The number of carbonyl (C=O) groups is 2. The van der Waals surface area contributed by atoms with E-state index in [1.165, 1.54) is 12.3 Å². The van der Waals surface area contributed by atoms with Crippen molar-refractivity contribution < 1.29 is 23.1 Å². The van der Waals surface area contributed by atoms with E-state index in [-0.39, 0.29) is 37.4 Å². The van der Waals surface area contributed by atoms with E-state index in [1.807, 2.05) is 0 Å². The topological polar surface area (TPSA) is 86.1 Å². The molecule has 0 aliphatic carbocycles. The molecule has 1 heterocycles. The second-order valence-electron chi connectivity index (χ2n) is 4.81. The Morgan fingerprint density at radius 1 is 1.29 bits per heavy atom. The van der Waals surface area contributed by atoms with E-state index in [0.29, 0.717) is 0 Å². The van der Waals surface area contributed by atoms with Crippen LogP contribution in [0.5, 0.6) is 0 Å². The Hall–Kier alpha value is -2.84. The molecule has 0 radical (unpaired) electrons. The van der Waals surface area contributed by atoms with Crippen molar-refractivity contribution in [3.63, 3.8) is 0 Å². The SMILES string of the molecule is CCOC(=O)CCNC(=O)c1cn(Cc2c(F)cccc2F)nn1. The largest absolute Gasteiger partial charge is 0.466 e. The van der Waals surface area contributed by atoms with Gasteiger partial charge in [0.05, 0.1) is 25.8 Å². The van der Waals surface area contributed by atoms with E-state index in [9.17, 15) is 18.4 Å². The van der Waals surface area contributed by atoms with Gasteiger partial charge in [-0.3, -0.25) is 9.59 Å². The highest BCUT2D eigenvalue weighted by Gasteiger charge is 2.14. The zero-order chi connectivity index (χ0) is 17.5. The molecule has 7 nitrogen and oxygen atoms in total. The van der Waals surface area contributed by atoms with Gasteiger partial charge in [0, 0.05) is 12.1 Å². The maximum Gasteiger partial charge on any atom is 0.307 e. The minimum Gasteiger partial charge on any atom is -0.466 e. The standard InChI is InChI=1S/C15H16F2N4O3/c1-2-24-14(22)6-7-18-15(23)13-9-21(20-19-13)8-10-11(16)4-3-5-12(10)17/h3-5,9H,2,6-8H2,1H3,(H,18,23). The van der Waals surface area contributed by atoms with E-state index in [2.05, 4.69) is 15.6 Å². The first-order valence-corrected chi connectivity index (χ1v) is 7.28. The Kier molecular flexibility index (Phi) is 5.94. The first kappa shape index (κ1) is 17.5. The van der Waals surface area contributed by atoms with E-state index in [0.717, 1.165) is 16.8 Å². The lowest BCUT2D eigenvalue weighted by Gasteiger charge is -2.04. The van der Waals surface area contributed by atoms with Crippen LogP contribution in [0.25, 0.3) is 0 Å². The molecule has 0 aliphatic rings. The van der Waals surface area contributed by atoms with Crippen LogP contribution in [0.4, 0.5) is 8.78 Å². The zero-order valence-corrected chi connectivity index (χ0v) is 13.0. The quantitative estimate of drug-likeness (QED) is 0.769. The fourth-order valence-corrected chi connectivity index (χ4v) is 1.93. The summed E-state index contributed by atoms with van der Waals surface area (Å²) in [6, 6.07) is 3.54. The van der Waals surface area contributed by atoms with Crippen LogP contribution < -0.4 is 5.32 Å². The lowest BCUT2D eigenvalue weighted by Crippen LogP contribution is -2.26. The molecule has 2 rings (SSSR count). The molecule has 0 aliphatic heterocycles. The van der Waals surface area contributed by atoms with E-state index < -0.39 is 23.5 Å². The summed E-state index contributed by atoms with van der Waals surface area (Å²) in [5.74, 6) is -2.37. The monoisotopic (exact) mass is 338 g/mol. The first-order valence-electron chi connectivity index (χ1n) is 7.28. The number of aromatic nitrogens is 3. The number of esters is 1. The van der Waals surface area contributed by atoms with Gasteiger partial charge < -0.3 is 10.1 Å². The number of amides is 1. The molecular formula is C15H16F2N4O3. The van der Waals surface area contributed by atoms with Crippen molar-refractivity contribution in [3.8, 4) is 0 Å². The molecule has 128 valence electrons. The predicted molar refractivity (Wildman–Crippen MR) is 79.1 cm³/mol. The van der Waals surface area contributed by atoms with Crippen molar-refractivity contribution in [3.05, 3.63) is 47.3 Å². The highest BCUT2D eigenvalue weighted by molar-refractivity contribution is 5.92. The Bertz CT molecular complexity index is 713. The van der Waals surface area contributed by atoms with Crippen molar-refractivity contribution in [1.29, 1.82) is 0 Å². The molecule has 0 bridgehead atoms. The summed E-state index contributed by atoms with van der Waals surface area (Å²) in [6.07, 6.45) is 1.31. The molecule has 0 saturated heterocycles.